The van der Waals surface area contributed by atoms with Gasteiger partial charge in [-0.05, 0) is 19.9 Å². The van der Waals surface area contributed by atoms with Gasteiger partial charge in [0.2, 0.25) is 0 Å². The van der Waals surface area contributed by atoms with E-state index >= 15 is 0 Å². The molecule has 0 saturated heterocycles. The Morgan fingerprint density at radius 3 is 2.77 bits per heavy atom. The fraction of sp³-hybridized carbons (Fsp3) is 0.250. The zero-order chi connectivity index (χ0) is 22.0. The summed E-state index contributed by atoms with van der Waals surface area (Å²) in [6.07, 6.45) is 10.0. The Bertz CT molecular complexity index is 1230. The highest BCUT2D eigenvalue weighted by atomic mass is 35.5. The molecule has 0 bridgehead atoms. The minimum atomic E-state index is -0.942. The van der Waals surface area contributed by atoms with Gasteiger partial charge in [-0.2, -0.15) is 10.2 Å². The van der Waals surface area contributed by atoms with E-state index in [1.807, 2.05) is 6.07 Å². The lowest BCUT2D eigenvalue weighted by molar-refractivity contribution is -0.137. The van der Waals surface area contributed by atoms with Gasteiger partial charge in [0.25, 0.3) is 0 Å². The first-order valence-corrected chi connectivity index (χ1v) is 9.99. The average molecular weight is 441 g/mol. The number of halogens is 1. The summed E-state index contributed by atoms with van der Waals surface area (Å²) in [5, 5.41) is 24.4. The van der Waals surface area contributed by atoms with Gasteiger partial charge >= 0.3 is 5.97 Å². The molecule has 4 heterocycles. The first-order valence-electron chi connectivity index (χ1n) is 9.62. The molecule has 4 rings (SSSR count). The Morgan fingerprint density at radius 2 is 2.00 bits per heavy atom. The van der Waals surface area contributed by atoms with E-state index in [9.17, 15) is 4.79 Å². The minimum absolute atomic E-state index is 0.184. The number of nitrogens with one attached hydrogen (secondary N) is 2. The molecule has 11 heteroatoms. The van der Waals surface area contributed by atoms with Crippen LogP contribution in [0.1, 0.15) is 19.4 Å². The second-order valence-electron chi connectivity index (χ2n) is 7.30. The number of rotatable bonds is 8. The number of anilines is 2. The maximum Gasteiger partial charge on any atom is 0.325 e. The molecular formula is C20H21ClN8O2. The number of fused-ring (bicyclic) bond motifs is 1. The number of aromatic nitrogens is 6. The Labute approximate surface area is 182 Å². The van der Waals surface area contributed by atoms with Gasteiger partial charge in [0.15, 0.2) is 5.65 Å². The predicted molar refractivity (Wildman–Crippen MR) is 117 cm³/mol. The van der Waals surface area contributed by atoms with Crippen molar-refractivity contribution in [2.24, 2.45) is 0 Å². The van der Waals surface area contributed by atoms with E-state index in [1.165, 1.54) is 4.68 Å². The van der Waals surface area contributed by atoms with Crippen molar-refractivity contribution in [2.45, 2.75) is 33.0 Å². The zero-order valence-electron chi connectivity index (χ0n) is 16.9. The highest BCUT2D eigenvalue weighted by molar-refractivity contribution is 6.30. The van der Waals surface area contributed by atoms with E-state index in [2.05, 4.69) is 44.6 Å². The monoisotopic (exact) mass is 440 g/mol. The summed E-state index contributed by atoms with van der Waals surface area (Å²) in [5.74, 6) is -0.942. The van der Waals surface area contributed by atoms with Crippen molar-refractivity contribution in [1.82, 2.24) is 29.4 Å². The lowest BCUT2D eigenvalue weighted by Gasteiger charge is -2.16. The van der Waals surface area contributed by atoms with Crippen LogP contribution in [0.25, 0.3) is 16.9 Å². The van der Waals surface area contributed by atoms with Gasteiger partial charge in [-0.1, -0.05) is 11.6 Å². The number of carboxylic acids is 1. The van der Waals surface area contributed by atoms with Gasteiger partial charge in [-0.25, -0.2) is 9.50 Å². The van der Waals surface area contributed by atoms with Gasteiger partial charge < -0.3 is 15.7 Å². The summed E-state index contributed by atoms with van der Waals surface area (Å²) in [7, 11) is 0. The van der Waals surface area contributed by atoms with Crippen LogP contribution in [-0.4, -0.2) is 46.5 Å². The van der Waals surface area contributed by atoms with Crippen LogP contribution in [0.3, 0.4) is 0 Å². The SMILES string of the molecule is CC(C)Nc1cc(-c2cnn3cc(Cl)cnc23)ncc1CNc1cnn(CC(=O)O)c1. The topological polar surface area (TPSA) is 122 Å². The number of aliphatic carboxylic acids is 1. The van der Waals surface area contributed by atoms with E-state index in [0.717, 1.165) is 28.2 Å². The van der Waals surface area contributed by atoms with Crippen LogP contribution in [0.4, 0.5) is 11.4 Å². The molecule has 0 aliphatic heterocycles. The molecule has 0 aromatic carbocycles. The van der Waals surface area contributed by atoms with Gasteiger partial charge in [0.05, 0.1) is 40.6 Å². The van der Waals surface area contributed by atoms with Gasteiger partial charge in [0.1, 0.15) is 6.54 Å². The number of carboxylic acid groups (broad SMARTS) is 1. The third-order valence-electron chi connectivity index (χ3n) is 4.45. The van der Waals surface area contributed by atoms with Crippen molar-refractivity contribution < 1.29 is 9.90 Å². The lowest BCUT2D eigenvalue weighted by Crippen LogP contribution is -2.13. The van der Waals surface area contributed by atoms with E-state index in [0.29, 0.717) is 17.2 Å². The Morgan fingerprint density at radius 1 is 1.16 bits per heavy atom. The average Bonchev–Trinajstić information content (AvgIpc) is 3.32. The summed E-state index contributed by atoms with van der Waals surface area (Å²) < 4.78 is 2.99. The van der Waals surface area contributed by atoms with Crippen LogP contribution in [0.5, 0.6) is 0 Å². The summed E-state index contributed by atoms with van der Waals surface area (Å²) in [5.41, 5.74) is 4.83. The molecule has 0 radical (unpaired) electrons. The summed E-state index contributed by atoms with van der Waals surface area (Å²) >= 11 is 6.00. The van der Waals surface area contributed by atoms with E-state index in [-0.39, 0.29) is 12.6 Å². The third kappa shape index (κ3) is 4.75. The number of hydrogen-bond acceptors (Lipinski definition) is 7. The summed E-state index contributed by atoms with van der Waals surface area (Å²) in [6, 6.07) is 2.19. The van der Waals surface area contributed by atoms with E-state index in [1.54, 1.807) is 41.7 Å². The second kappa shape index (κ2) is 8.60. The number of pyridine rings is 1. The Balaban J connectivity index is 1.59. The third-order valence-corrected chi connectivity index (χ3v) is 4.64. The lowest BCUT2D eigenvalue weighted by atomic mass is 10.1. The standard InChI is InChI=1S/C20H21ClN8O2/c1-12(2)27-17-3-18(16-8-26-29-9-14(21)6-24-20(16)29)23-5-13(17)4-22-15-7-25-28(10-15)11-19(30)31/h3,5-10,12,22H,4,11H2,1-2H3,(H,23,27)(H,30,31). The summed E-state index contributed by atoms with van der Waals surface area (Å²) in [4.78, 5) is 19.8. The van der Waals surface area contributed by atoms with Crippen molar-refractivity contribution in [1.29, 1.82) is 0 Å². The van der Waals surface area contributed by atoms with Gasteiger partial charge in [0, 0.05) is 42.4 Å². The molecule has 31 heavy (non-hydrogen) atoms. The molecule has 10 nitrogen and oxygen atoms in total. The molecule has 4 aromatic rings. The molecule has 3 N–H and O–H groups in total. The van der Waals surface area contributed by atoms with Gasteiger partial charge in [-0.15, -0.1) is 0 Å². The fourth-order valence-corrected chi connectivity index (χ4v) is 3.27. The van der Waals surface area contributed by atoms with Crippen molar-refractivity contribution >= 4 is 34.6 Å². The zero-order valence-corrected chi connectivity index (χ0v) is 17.7. The largest absolute Gasteiger partial charge is 0.480 e. The maximum atomic E-state index is 10.8. The smallest absolute Gasteiger partial charge is 0.325 e. The summed E-state index contributed by atoms with van der Waals surface area (Å²) in [6.45, 7) is 4.43. The fourth-order valence-electron chi connectivity index (χ4n) is 3.13. The number of nitrogens with zero attached hydrogens (tertiary/aromatic N) is 6. The quantitative estimate of drug-likeness (QED) is 0.382. The molecular weight excluding hydrogens is 420 g/mol. The highest BCUT2D eigenvalue weighted by Gasteiger charge is 2.13. The van der Waals surface area contributed by atoms with Crippen molar-refractivity contribution in [3.05, 3.63) is 53.8 Å². The molecule has 4 aromatic heterocycles. The highest BCUT2D eigenvalue weighted by Crippen LogP contribution is 2.27. The molecule has 0 aliphatic carbocycles. The Kier molecular flexibility index (Phi) is 5.72. The van der Waals surface area contributed by atoms with Crippen LogP contribution in [0.2, 0.25) is 5.02 Å². The molecule has 160 valence electrons. The van der Waals surface area contributed by atoms with Crippen LogP contribution in [0, 0.1) is 0 Å². The molecule has 0 unspecified atom stereocenters. The van der Waals surface area contributed by atoms with Crippen molar-refractivity contribution in [2.75, 3.05) is 10.6 Å². The molecule has 0 saturated carbocycles. The predicted octanol–water partition coefficient (Wildman–Crippen LogP) is 3.16. The van der Waals surface area contributed by atoms with E-state index in [4.69, 9.17) is 16.7 Å². The van der Waals surface area contributed by atoms with Crippen LogP contribution in [0.15, 0.2) is 43.2 Å². The van der Waals surface area contributed by atoms with Crippen LogP contribution >= 0.6 is 11.6 Å². The van der Waals surface area contributed by atoms with Crippen molar-refractivity contribution in [3.63, 3.8) is 0 Å². The van der Waals surface area contributed by atoms with Crippen LogP contribution < -0.4 is 10.6 Å². The van der Waals surface area contributed by atoms with E-state index < -0.39 is 5.97 Å². The maximum absolute atomic E-state index is 10.8. The molecule has 0 spiro atoms. The Hall–Kier alpha value is -3.66. The molecule has 0 aliphatic rings. The van der Waals surface area contributed by atoms with Crippen molar-refractivity contribution in [3.8, 4) is 11.3 Å². The molecule has 0 atom stereocenters. The normalized spacial score (nSPS) is 11.2. The van der Waals surface area contributed by atoms with Gasteiger partial charge in [-0.3, -0.25) is 14.5 Å². The molecule has 0 amide bonds. The minimum Gasteiger partial charge on any atom is -0.480 e. The number of hydrogen-bond donors (Lipinski definition) is 3. The van der Waals surface area contributed by atoms with Crippen LogP contribution in [-0.2, 0) is 17.9 Å². The first-order chi connectivity index (χ1) is 14.9. The first kappa shape index (κ1) is 20.6. The molecule has 0 fully saturated rings. The second-order valence-corrected chi connectivity index (χ2v) is 7.73. The number of carbonyl (C=O) groups is 1.